The lowest BCUT2D eigenvalue weighted by Gasteiger charge is -2.22. The van der Waals surface area contributed by atoms with Gasteiger partial charge in [-0.1, -0.05) is 12.1 Å². The lowest BCUT2D eigenvalue weighted by molar-refractivity contribution is 0.870. The Kier molecular flexibility index (Phi) is 6.80. The highest BCUT2D eigenvalue weighted by Gasteiger charge is 2.22. The lowest BCUT2D eigenvalue weighted by atomic mass is 10.1. The van der Waals surface area contributed by atoms with Gasteiger partial charge in [0.25, 0.3) is 10.9 Å². The van der Waals surface area contributed by atoms with Gasteiger partial charge in [0.15, 0.2) is 0 Å². The second kappa shape index (κ2) is 10.3. The fourth-order valence-corrected chi connectivity index (χ4v) is 4.61. The van der Waals surface area contributed by atoms with Gasteiger partial charge in [-0.3, -0.25) is 9.59 Å². The average Bonchev–Trinajstić information content (AvgIpc) is 3.63. The van der Waals surface area contributed by atoms with Gasteiger partial charge in [0.2, 0.25) is 5.95 Å². The minimum absolute atomic E-state index is 0.296. The van der Waals surface area contributed by atoms with E-state index in [1.54, 1.807) is 0 Å². The van der Waals surface area contributed by atoms with Crippen LogP contribution >= 0.6 is 0 Å². The molecule has 5 rings (SSSR count). The maximum Gasteiger partial charge on any atom is 0.253 e. The summed E-state index contributed by atoms with van der Waals surface area (Å²) in [7, 11) is 0. The molecule has 0 bridgehead atoms. The van der Waals surface area contributed by atoms with Crippen LogP contribution in [-0.2, 0) is 6.54 Å². The molecule has 10 heteroatoms. The fourth-order valence-electron chi connectivity index (χ4n) is 4.61. The molecule has 0 aliphatic carbocycles. The molecule has 35 heavy (non-hydrogen) atoms. The van der Waals surface area contributed by atoms with Gasteiger partial charge in [0.05, 0.1) is 0 Å². The van der Waals surface area contributed by atoms with Gasteiger partial charge in [0, 0.05) is 57.6 Å². The third kappa shape index (κ3) is 5.07. The highest BCUT2D eigenvalue weighted by atomic mass is 16.2. The highest BCUT2D eigenvalue weighted by molar-refractivity contribution is 5.78. The predicted molar refractivity (Wildman–Crippen MR) is 141 cm³/mol. The summed E-state index contributed by atoms with van der Waals surface area (Å²) >= 11 is 0. The number of nitrogens with one attached hydrogen (secondary N) is 3. The Morgan fingerprint density at radius 3 is 2.11 bits per heavy atom. The number of anilines is 6. The van der Waals surface area contributed by atoms with Crippen molar-refractivity contribution in [2.75, 3.05) is 65.0 Å². The van der Waals surface area contributed by atoms with Crippen LogP contribution in [0.15, 0.2) is 39.9 Å². The molecule has 0 amide bonds. The van der Waals surface area contributed by atoms with E-state index in [4.69, 9.17) is 15.7 Å². The Hall–Kier alpha value is -3.66. The topological polar surface area (TPSA) is 129 Å². The van der Waals surface area contributed by atoms with Crippen LogP contribution in [0.5, 0.6) is 0 Å². The van der Waals surface area contributed by atoms with E-state index in [0.717, 1.165) is 55.0 Å². The maximum absolute atomic E-state index is 12.1. The number of benzene rings is 1. The van der Waals surface area contributed by atoms with Gasteiger partial charge >= 0.3 is 0 Å². The number of hydrogen-bond donors (Lipinski definition) is 4. The molecule has 0 radical (unpaired) electrons. The van der Waals surface area contributed by atoms with Crippen LogP contribution in [0.4, 0.5) is 34.6 Å². The highest BCUT2D eigenvalue weighted by Crippen LogP contribution is 2.26. The minimum Gasteiger partial charge on any atom is -0.378 e. The Labute approximate surface area is 204 Å². The van der Waals surface area contributed by atoms with Crippen LogP contribution in [0, 0.1) is 0 Å². The van der Waals surface area contributed by atoms with Crippen LogP contribution in [0.2, 0.25) is 0 Å². The quantitative estimate of drug-likeness (QED) is 0.255. The third-order valence-corrected chi connectivity index (χ3v) is 6.62. The Balaban J connectivity index is 1.21. The Bertz CT molecular complexity index is 1190. The standard InChI is InChI=1S/C25H32N8O2/c26-16-17-5-7-18(8-6-17)29-22-21(23(34)24(22)35)28-10-9-27-19-15-20(32-11-1-2-12-32)31-25(30-19)33-13-3-4-14-33/h5-8,15,28-29H,1-4,9-14,16,26H2,(H,27,30,31). The van der Waals surface area contributed by atoms with Crippen molar-refractivity contribution in [2.24, 2.45) is 5.73 Å². The first-order chi connectivity index (χ1) is 17.1. The molecule has 184 valence electrons. The zero-order valence-corrected chi connectivity index (χ0v) is 19.8. The minimum atomic E-state index is -0.510. The van der Waals surface area contributed by atoms with E-state index in [2.05, 4.69) is 25.8 Å². The fraction of sp³-hybridized carbons (Fsp3) is 0.440. The van der Waals surface area contributed by atoms with Crippen molar-refractivity contribution >= 4 is 34.6 Å². The summed E-state index contributed by atoms with van der Waals surface area (Å²) in [5.74, 6) is 2.51. The summed E-state index contributed by atoms with van der Waals surface area (Å²) in [4.78, 5) is 38.4. The molecule has 3 aromatic rings. The molecule has 0 unspecified atom stereocenters. The first-order valence-electron chi connectivity index (χ1n) is 12.4. The molecule has 3 heterocycles. The summed E-state index contributed by atoms with van der Waals surface area (Å²) < 4.78 is 0. The summed E-state index contributed by atoms with van der Waals surface area (Å²) in [5, 5.41) is 9.51. The van der Waals surface area contributed by atoms with Gasteiger partial charge in [0.1, 0.15) is 23.0 Å². The van der Waals surface area contributed by atoms with Gasteiger partial charge in [-0.2, -0.15) is 9.97 Å². The zero-order chi connectivity index (χ0) is 24.2. The summed E-state index contributed by atoms with van der Waals surface area (Å²) in [6, 6.07) is 9.46. The van der Waals surface area contributed by atoms with Crippen molar-refractivity contribution in [3.05, 3.63) is 56.3 Å². The second-order valence-corrected chi connectivity index (χ2v) is 9.09. The summed E-state index contributed by atoms with van der Waals surface area (Å²) in [6.07, 6.45) is 4.70. The molecular weight excluding hydrogens is 444 g/mol. The van der Waals surface area contributed by atoms with Gasteiger partial charge in [-0.05, 0) is 43.4 Å². The molecule has 0 saturated carbocycles. The molecule has 2 saturated heterocycles. The number of nitrogens with zero attached hydrogens (tertiary/aromatic N) is 4. The van der Waals surface area contributed by atoms with E-state index in [1.165, 1.54) is 25.7 Å². The molecule has 0 spiro atoms. The molecular formula is C25H32N8O2. The van der Waals surface area contributed by atoms with Crippen molar-refractivity contribution in [2.45, 2.75) is 32.2 Å². The van der Waals surface area contributed by atoms with Gasteiger partial charge in [-0.25, -0.2) is 0 Å². The smallest absolute Gasteiger partial charge is 0.253 e. The van der Waals surface area contributed by atoms with Gasteiger partial charge in [-0.15, -0.1) is 0 Å². The van der Waals surface area contributed by atoms with E-state index < -0.39 is 10.9 Å². The third-order valence-electron chi connectivity index (χ3n) is 6.62. The van der Waals surface area contributed by atoms with Gasteiger partial charge < -0.3 is 31.5 Å². The van der Waals surface area contributed by atoms with Crippen LogP contribution in [0.25, 0.3) is 0 Å². The number of hydrogen-bond acceptors (Lipinski definition) is 10. The van der Waals surface area contributed by atoms with Crippen molar-refractivity contribution in [1.29, 1.82) is 0 Å². The molecule has 10 nitrogen and oxygen atoms in total. The molecule has 1 aromatic heterocycles. The maximum atomic E-state index is 12.1. The number of aromatic nitrogens is 2. The summed E-state index contributed by atoms with van der Waals surface area (Å²) in [6.45, 7) is 5.47. The van der Waals surface area contributed by atoms with E-state index in [0.29, 0.717) is 31.0 Å². The number of rotatable bonds is 10. The molecule has 5 N–H and O–H groups in total. The Morgan fingerprint density at radius 2 is 1.43 bits per heavy atom. The van der Waals surface area contributed by atoms with Crippen LogP contribution in [0.3, 0.4) is 0 Å². The summed E-state index contributed by atoms with van der Waals surface area (Å²) in [5.41, 5.74) is 6.97. The van der Waals surface area contributed by atoms with Crippen LogP contribution in [0.1, 0.15) is 31.2 Å². The van der Waals surface area contributed by atoms with Crippen molar-refractivity contribution in [3.63, 3.8) is 0 Å². The Morgan fingerprint density at radius 1 is 0.800 bits per heavy atom. The molecule has 2 aliphatic heterocycles. The zero-order valence-electron chi connectivity index (χ0n) is 19.8. The monoisotopic (exact) mass is 476 g/mol. The average molecular weight is 477 g/mol. The van der Waals surface area contributed by atoms with Crippen molar-refractivity contribution in [1.82, 2.24) is 9.97 Å². The molecule has 2 fully saturated rings. The normalized spacial score (nSPS) is 15.7. The predicted octanol–water partition coefficient (Wildman–Crippen LogP) is 2.00. The van der Waals surface area contributed by atoms with E-state index in [9.17, 15) is 9.59 Å². The first kappa shape index (κ1) is 23.1. The van der Waals surface area contributed by atoms with Crippen LogP contribution < -0.4 is 42.3 Å². The largest absolute Gasteiger partial charge is 0.378 e. The van der Waals surface area contributed by atoms with E-state index in [1.807, 2.05) is 30.3 Å². The second-order valence-electron chi connectivity index (χ2n) is 9.09. The first-order valence-corrected chi connectivity index (χ1v) is 12.4. The number of nitrogens with two attached hydrogens (primary N) is 1. The SMILES string of the molecule is NCc1ccc(Nc2c(NCCNc3cc(N4CCCC4)nc(N4CCCC4)n3)c(=O)c2=O)cc1. The van der Waals surface area contributed by atoms with Crippen molar-refractivity contribution in [3.8, 4) is 0 Å². The molecule has 0 atom stereocenters. The van der Waals surface area contributed by atoms with E-state index >= 15 is 0 Å². The van der Waals surface area contributed by atoms with E-state index in [-0.39, 0.29) is 0 Å². The van der Waals surface area contributed by atoms with Crippen LogP contribution in [-0.4, -0.2) is 49.2 Å². The van der Waals surface area contributed by atoms with Crippen molar-refractivity contribution < 1.29 is 0 Å². The molecule has 2 aromatic carbocycles. The molecule has 2 aliphatic rings. The lowest BCUT2D eigenvalue weighted by Crippen LogP contribution is -2.37.